The van der Waals surface area contributed by atoms with E-state index < -0.39 is 0 Å². The van der Waals surface area contributed by atoms with E-state index in [1.807, 2.05) is 56.3 Å². The molecule has 1 aromatic heterocycles. The first-order chi connectivity index (χ1) is 8.65. The van der Waals surface area contributed by atoms with E-state index in [1.54, 1.807) is 10.8 Å². The van der Waals surface area contributed by atoms with Gasteiger partial charge in [0.2, 0.25) is 0 Å². The number of pyridine rings is 1. The van der Waals surface area contributed by atoms with E-state index >= 15 is 0 Å². The van der Waals surface area contributed by atoms with E-state index in [0.717, 1.165) is 5.56 Å². The van der Waals surface area contributed by atoms with Crippen LogP contribution in [0.1, 0.15) is 25.5 Å². The van der Waals surface area contributed by atoms with Gasteiger partial charge in [-0.1, -0.05) is 30.3 Å². The Morgan fingerprint density at radius 1 is 1.17 bits per heavy atom. The van der Waals surface area contributed by atoms with Crippen molar-refractivity contribution in [2.75, 3.05) is 0 Å². The molecule has 18 heavy (non-hydrogen) atoms. The lowest BCUT2D eigenvalue weighted by Crippen LogP contribution is -2.24. The molecule has 0 spiro atoms. The highest BCUT2D eigenvalue weighted by molar-refractivity contribution is 5.69. The van der Waals surface area contributed by atoms with Gasteiger partial charge in [-0.25, -0.2) is 0 Å². The molecule has 1 heterocycles. The molecular weight excluding hydrogens is 224 g/mol. The molecule has 0 aliphatic heterocycles. The number of benzene rings is 1. The Balaban J connectivity index is 2.69. The van der Waals surface area contributed by atoms with Crippen molar-refractivity contribution in [2.24, 2.45) is 0 Å². The second-order valence-corrected chi connectivity index (χ2v) is 4.39. The van der Waals surface area contributed by atoms with Crippen molar-refractivity contribution in [1.29, 1.82) is 5.26 Å². The van der Waals surface area contributed by atoms with Gasteiger partial charge in [-0.15, -0.1) is 0 Å². The standard InChI is InChI=1S/C15H14N2O/c1-11(2)17-9-8-13(14(10-16)15(17)18)12-6-4-3-5-7-12/h3-9,11H,1-2H3. The molecule has 0 saturated heterocycles. The van der Waals surface area contributed by atoms with Crippen molar-refractivity contribution in [3.8, 4) is 17.2 Å². The summed E-state index contributed by atoms with van der Waals surface area (Å²) in [5.74, 6) is 0. The van der Waals surface area contributed by atoms with Crippen LogP contribution in [-0.2, 0) is 0 Å². The third-order valence-electron chi connectivity index (χ3n) is 2.87. The average molecular weight is 238 g/mol. The number of nitrogens with zero attached hydrogens (tertiary/aromatic N) is 2. The molecule has 2 rings (SSSR count). The van der Waals surface area contributed by atoms with Crippen LogP contribution in [0.4, 0.5) is 0 Å². The minimum absolute atomic E-state index is 0.0504. The van der Waals surface area contributed by atoms with E-state index in [-0.39, 0.29) is 17.2 Å². The van der Waals surface area contributed by atoms with Crippen LogP contribution >= 0.6 is 0 Å². The number of hydrogen-bond donors (Lipinski definition) is 0. The summed E-state index contributed by atoms with van der Waals surface area (Å²) < 4.78 is 1.57. The van der Waals surface area contributed by atoms with Crippen molar-refractivity contribution in [1.82, 2.24) is 4.57 Å². The Morgan fingerprint density at radius 3 is 2.39 bits per heavy atom. The number of rotatable bonds is 2. The van der Waals surface area contributed by atoms with Crippen LogP contribution < -0.4 is 5.56 Å². The van der Waals surface area contributed by atoms with E-state index in [0.29, 0.717) is 5.56 Å². The summed E-state index contributed by atoms with van der Waals surface area (Å²) in [6.07, 6.45) is 1.75. The van der Waals surface area contributed by atoms with Crippen molar-refractivity contribution in [3.63, 3.8) is 0 Å². The molecule has 0 fully saturated rings. The van der Waals surface area contributed by atoms with Gasteiger partial charge < -0.3 is 4.57 Å². The first-order valence-corrected chi connectivity index (χ1v) is 5.86. The van der Waals surface area contributed by atoms with Crippen LogP contribution in [0.5, 0.6) is 0 Å². The van der Waals surface area contributed by atoms with Crippen molar-refractivity contribution in [3.05, 3.63) is 58.5 Å². The van der Waals surface area contributed by atoms with E-state index in [9.17, 15) is 10.1 Å². The van der Waals surface area contributed by atoms with Crippen molar-refractivity contribution >= 4 is 0 Å². The summed E-state index contributed by atoms with van der Waals surface area (Å²) in [5.41, 5.74) is 1.56. The maximum absolute atomic E-state index is 12.2. The summed E-state index contributed by atoms with van der Waals surface area (Å²) in [6, 6.07) is 13.4. The second-order valence-electron chi connectivity index (χ2n) is 4.39. The normalized spacial score (nSPS) is 10.3. The third-order valence-corrected chi connectivity index (χ3v) is 2.87. The van der Waals surface area contributed by atoms with Crippen LogP contribution in [0, 0.1) is 11.3 Å². The second kappa shape index (κ2) is 4.89. The SMILES string of the molecule is CC(C)n1ccc(-c2ccccc2)c(C#N)c1=O. The summed E-state index contributed by atoms with van der Waals surface area (Å²) in [7, 11) is 0. The highest BCUT2D eigenvalue weighted by atomic mass is 16.1. The molecule has 0 aliphatic carbocycles. The molecule has 0 N–H and O–H groups in total. The summed E-state index contributed by atoms with van der Waals surface area (Å²) in [5, 5.41) is 9.20. The van der Waals surface area contributed by atoms with Gasteiger partial charge in [0.05, 0.1) is 0 Å². The van der Waals surface area contributed by atoms with E-state index in [2.05, 4.69) is 0 Å². The minimum Gasteiger partial charge on any atom is -0.312 e. The fraction of sp³-hybridized carbons (Fsp3) is 0.200. The van der Waals surface area contributed by atoms with Gasteiger partial charge in [0.25, 0.3) is 5.56 Å². The maximum Gasteiger partial charge on any atom is 0.269 e. The first kappa shape index (κ1) is 12.1. The smallest absolute Gasteiger partial charge is 0.269 e. The molecule has 0 atom stereocenters. The van der Waals surface area contributed by atoms with Crippen LogP contribution in [0.3, 0.4) is 0 Å². The van der Waals surface area contributed by atoms with Crippen LogP contribution in [0.25, 0.3) is 11.1 Å². The molecule has 0 saturated carbocycles. The van der Waals surface area contributed by atoms with Gasteiger partial charge in [-0.05, 0) is 25.5 Å². The van der Waals surface area contributed by atoms with Crippen molar-refractivity contribution < 1.29 is 0 Å². The summed E-state index contributed by atoms with van der Waals surface area (Å²) in [6.45, 7) is 3.84. The van der Waals surface area contributed by atoms with Crippen LogP contribution in [0.2, 0.25) is 0 Å². The molecule has 3 heteroatoms. The van der Waals surface area contributed by atoms with Gasteiger partial charge in [-0.3, -0.25) is 4.79 Å². The number of nitriles is 1. The Kier molecular flexibility index (Phi) is 3.29. The number of hydrogen-bond acceptors (Lipinski definition) is 2. The molecule has 0 bridgehead atoms. The third kappa shape index (κ3) is 2.05. The Bertz CT molecular complexity index is 648. The molecule has 2 aromatic rings. The number of aromatic nitrogens is 1. The average Bonchev–Trinajstić information content (AvgIpc) is 2.39. The first-order valence-electron chi connectivity index (χ1n) is 5.86. The molecule has 1 aromatic carbocycles. The fourth-order valence-corrected chi connectivity index (χ4v) is 1.92. The fourth-order valence-electron chi connectivity index (χ4n) is 1.92. The van der Waals surface area contributed by atoms with Crippen LogP contribution in [0.15, 0.2) is 47.4 Å². The van der Waals surface area contributed by atoms with Gasteiger partial charge in [-0.2, -0.15) is 5.26 Å². The Labute approximate surface area is 106 Å². The predicted molar refractivity (Wildman–Crippen MR) is 71.2 cm³/mol. The lowest BCUT2D eigenvalue weighted by Gasteiger charge is -2.12. The Morgan fingerprint density at radius 2 is 1.83 bits per heavy atom. The lowest BCUT2D eigenvalue weighted by atomic mass is 10.0. The van der Waals surface area contributed by atoms with E-state index in [4.69, 9.17) is 0 Å². The quantitative estimate of drug-likeness (QED) is 0.807. The monoisotopic (exact) mass is 238 g/mol. The molecule has 3 nitrogen and oxygen atoms in total. The Hall–Kier alpha value is -2.34. The van der Waals surface area contributed by atoms with Gasteiger partial charge in [0.15, 0.2) is 0 Å². The topological polar surface area (TPSA) is 45.8 Å². The zero-order valence-electron chi connectivity index (χ0n) is 10.4. The highest BCUT2D eigenvalue weighted by Gasteiger charge is 2.12. The predicted octanol–water partition coefficient (Wildman–Crippen LogP) is 2.97. The minimum atomic E-state index is -0.228. The van der Waals surface area contributed by atoms with Gasteiger partial charge in [0.1, 0.15) is 11.6 Å². The molecular formula is C15H14N2O. The summed E-state index contributed by atoms with van der Waals surface area (Å²) >= 11 is 0. The highest BCUT2D eigenvalue weighted by Crippen LogP contribution is 2.21. The molecule has 0 aliphatic rings. The van der Waals surface area contributed by atoms with Crippen molar-refractivity contribution in [2.45, 2.75) is 19.9 Å². The van der Waals surface area contributed by atoms with Crippen LogP contribution in [-0.4, -0.2) is 4.57 Å². The largest absolute Gasteiger partial charge is 0.312 e. The lowest BCUT2D eigenvalue weighted by molar-refractivity contribution is 0.577. The zero-order valence-corrected chi connectivity index (χ0v) is 10.4. The van der Waals surface area contributed by atoms with Gasteiger partial charge >= 0.3 is 0 Å². The van der Waals surface area contributed by atoms with Gasteiger partial charge in [0, 0.05) is 17.8 Å². The van der Waals surface area contributed by atoms with E-state index in [1.165, 1.54) is 0 Å². The maximum atomic E-state index is 12.2. The molecule has 0 amide bonds. The zero-order chi connectivity index (χ0) is 13.1. The molecule has 0 unspecified atom stereocenters. The molecule has 90 valence electrons. The molecule has 0 radical (unpaired) electrons. The summed E-state index contributed by atoms with van der Waals surface area (Å²) in [4.78, 5) is 12.2.